The molecule has 0 unspecified atom stereocenters. The van der Waals surface area contributed by atoms with Crippen LogP contribution in [-0.2, 0) is 14.3 Å². The predicted molar refractivity (Wildman–Crippen MR) is 112 cm³/mol. The van der Waals surface area contributed by atoms with Crippen LogP contribution in [0.3, 0.4) is 0 Å². The second kappa shape index (κ2) is 11.5. The summed E-state index contributed by atoms with van der Waals surface area (Å²) in [6, 6.07) is 13.5. The molecule has 0 saturated carbocycles. The number of benzene rings is 2. The van der Waals surface area contributed by atoms with Crippen LogP contribution in [0.25, 0.3) is 0 Å². The van der Waals surface area contributed by atoms with Crippen molar-refractivity contribution in [3.63, 3.8) is 0 Å². The summed E-state index contributed by atoms with van der Waals surface area (Å²) in [5, 5.41) is 5.13. The maximum absolute atomic E-state index is 12.3. The summed E-state index contributed by atoms with van der Waals surface area (Å²) >= 11 is 0. The normalized spacial score (nSPS) is 11.2. The molecule has 2 aromatic carbocycles. The van der Waals surface area contributed by atoms with Crippen molar-refractivity contribution in [1.29, 1.82) is 0 Å². The van der Waals surface area contributed by atoms with Gasteiger partial charge in [-0.25, -0.2) is 0 Å². The fraction of sp³-hybridized carbons (Fsp3) is 0.318. The smallest absolute Gasteiger partial charge is 0.326 e. The molecule has 2 amide bonds. The van der Waals surface area contributed by atoms with Gasteiger partial charge in [-0.1, -0.05) is 12.1 Å². The number of ether oxygens (including phenoxy) is 3. The average molecular weight is 414 g/mol. The zero-order valence-corrected chi connectivity index (χ0v) is 17.3. The number of esters is 1. The van der Waals surface area contributed by atoms with E-state index in [1.807, 2.05) is 13.8 Å². The van der Waals surface area contributed by atoms with Gasteiger partial charge in [-0.3, -0.25) is 14.4 Å². The first kappa shape index (κ1) is 22.7. The summed E-state index contributed by atoms with van der Waals surface area (Å²) in [6.45, 7) is 5.77. The standard InChI is InChI=1S/C22H26N2O6/c1-4-28-17-12-10-16(11-13-17)22(27)23-14-20(25)30-15(3)21(26)24-18-8-6-7-9-19(18)29-5-2/h6-13,15H,4-5,14H2,1-3H3,(H,23,27)(H,24,26)/t15-/m1/s1. The molecular formula is C22H26N2O6. The third kappa shape index (κ3) is 6.80. The van der Waals surface area contributed by atoms with E-state index in [0.717, 1.165) is 0 Å². The third-order valence-electron chi connectivity index (χ3n) is 3.94. The van der Waals surface area contributed by atoms with Crippen LogP contribution in [-0.4, -0.2) is 43.6 Å². The van der Waals surface area contributed by atoms with E-state index in [1.54, 1.807) is 48.5 Å². The molecule has 2 aromatic rings. The zero-order chi connectivity index (χ0) is 21.9. The minimum absolute atomic E-state index is 0.362. The largest absolute Gasteiger partial charge is 0.494 e. The summed E-state index contributed by atoms with van der Waals surface area (Å²) in [7, 11) is 0. The Morgan fingerprint density at radius 3 is 2.27 bits per heavy atom. The molecule has 0 aliphatic carbocycles. The molecule has 30 heavy (non-hydrogen) atoms. The maximum Gasteiger partial charge on any atom is 0.326 e. The van der Waals surface area contributed by atoms with Crippen LogP contribution in [0, 0.1) is 0 Å². The van der Waals surface area contributed by atoms with Crippen molar-refractivity contribution in [3.05, 3.63) is 54.1 Å². The van der Waals surface area contributed by atoms with Crippen LogP contribution in [0.15, 0.2) is 48.5 Å². The van der Waals surface area contributed by atoms with Crippen molar-refractivity contribution in [2.45, 2.75) is 26.9 Å². The van der Waals surface area contributed by atoms with Crippen LogP contribution in [0.5, 0.6) is 11.5 Å². The Kier molecular flexibility index (Phi) is 8.68. The molecule has 8 heteroatoms. The van der Waals surface area contributed by atoms with Crippen LogP contribution in [0.1, 0.15) is 31.1 Å². The van der Waals surface area contributed by atoms with Crippen LogP contribution in [0.4, 0.5) is 5.69 Å². The summed E-state index contributed by atoms with van der Waals surface area (Å²) < 4.78 is 15.9. The zero-order valence-electron chi connectivity index (χ0n) is 17.3. The highest BCUT2D eigenvalue weighted by Crippen LogP contribution is 2.23. The van der Waals surface area contributed by atoms with Crippen molar-refractivity contribution >= 4 is 23.5 Å². The van der Waals surface area contributed by atoms with E-state index in [1.165, 1.54) is 6.92 Å². The van der Waals surface area contributed by atoms with Gasteiger partial charge < -0.3 is 24.8 Å². The molecule has 160 valence electrons. The molecule has 0 radical (unpaired) electrons. The first-order chi connectivity index (χ1) is 14.4. The van der Waals surface area contributed by atoms with Gasteiger partial charge in [0, 0.05) is 5.56 Å². The molecule has 0 spiro atoms. The number of amides is 2. The SMILES string of the molecule is CCOc1ccc(C(=O)NCC(=O)O[C@H](C)C(=O)Nc2ccccc2OCC)cc1. The molecule has 0 heterocycles. The first-order valence-electron chi connectivity index (χ1n) is 9.67. The Morgan fingerprint density at radius 2 is 1.60 bits per heavy atom. The summed E-state index contributed by atoms with van der Waals surface area (Å²) in [5.41, 5.74) is 0.862. The van der Waals surface area contributed by atoms with E-state index in [2.05, 4.69) is 10.6 Å². The van der Waals surface area contributed by atoms with Crippen molar-refractivity contribution in [2.24, 2.45) is 0 Å². The number of carbonyl (C=O) groups is 3. The lowest BCUT2D eigenvalue weighted by Crippen LogP contribution is -2.35. The number of nitrogens with one attached hydrogen (secondary N) is 2. The Balaban J connectivity index is 1.82. The van der Waals surface area contributed by atoms with Gasteiger partial charge in [0.05, 0.1) is 18.9 Å². The van der Waals surface area contributed by atoms with Gasteiger partial charge in [0.2, 0.25) is 0 Å². The second-order valence-electron chi connectivity index (χ2n) is 6.19. The molecular weight excluding hydrogens is 388 g/mol. The predicted octanol–water partition coefficient (Wildman–Crippen LogP) is 2.78. The molecule has 8 nitrogen and oxygen atoms in total. The molecule has 2 rings (SSSR count). The lowest BCUT2D eigenvalue weighted by Gasteiger charge is -2.16. The van der Waals surface area contributed by atoms with E-state index in [9.17, 15) is 14.4 Å². The first-order valence-corrected chi connectivity index (χ1v) is 9.67. The fourth-order valence-electron chi connectivity index (χ4n) is 2.50. The van der Waals surface area contributed by atoms with Crippen molar-refractivity contribution in [1.82, 2.24) is 5.32 Å². The Labute approximate surface area is 175 Å². The van der Waals surface area contributed by atoms with Gasteiger partial charge in [-0.15, -0.1) is 0 Å². The van der Waals surface area contributed by atoms with Gasteiger partial charge in [0.15, 0.2) is 6.10 Å². The highest BCUT2D eigenvalue weighted by Gasteiger charge is 2.19. The highest BCUT2D eigenvalue weighted by molar-refractivity contribution is 5.98. The van der Waals surface area contributed by atoms with Crippen molar-refractivity contribution in [3.8, 4) is 11.5 Å². The minimum atomic E-state index is -1.05. The summed E-state index contributed by atoms with van der Waals surface area (Å²) in [4.78, 5) is 36.4. The van der Waals surface area contributed by atoms with Crippen molar-refractivity contribution < 1.29 is 28.6 Å². The monoisotopic (exact) mass is 414 g/mol. The van der Waals surface area contributed by atoms with Crippen LogP contribution < -0.4 is 20.1 Å². The Morgan fingerprint density at radius 1 is 0.933 bits per heavy atom. The number of anilines is 1. The lowest BCUT2D eigenvalue weighted by molar-refractivity contribution is -0.152. The minimum Gasteiger partial charge on any atom is -0.494 e. The van der Waals surface area contributed by atoms with Crippen LogP contribution >= 0.6 is 0 Å². The number of hydrogen-bond donors (Lipinski definition) is 2. The average Bonchev–Trinajstić information content (AvgIpc) is 2.74. The molecule has 0 saturated heterocycles. The lowest BCUT2D eigenvalue weighted by atomic mass is 10.2. The van der Waals surface area contributed by atoms with E-state index in [-0.39, 0.29) is 6.54 Å². The summed E-state index contributed by atoms with van der Waals surface area (Å²) in [5.74, 6) is -0.491. The molecule has 0 aromatic heterocycles. The quantitative estimate of drug-likeness (QED) is 0.580. The Hall–Kier alpha value is -3.55. The molecule has 0 aliphatic rings. The topological polar surface area (TPSA) is 103 Å². The van der Waals surface area contributed by atoms with Crippen molar-refractivity contribution in [2.75, 3.05) is 25.1 Å². The van der Waals surface area contributed by atoms with E-state index >= 15 is 0 Å². The fourth-order valence-corrected chi connectivity index (χ4v) is 2.50. The van der Waals surface area contributed by atoms with Gasteiger partial charge >= 0.3 is 5.97 Å². The van der Waals surface area contributed by atoms with E-state index in [0.29, 0.717) is 36.0 Å². The van der Waals surface area contributed by atoms with E-state index in [4.69, 9.17) is 14.2 Å². The van der Waals surface area contributed by atoms with Gasteiger partial charge in [0.25, 0.3) is 11.8 Å². The number of para-hydroxylation sites is 2. The highest BCUT2D eigenvalue weighted by atomic mass is 16.5. The maximum atomic E-state index is 12.3. The van der Waals surface area contributed by atoms with Gasteiger partial charge in [-0.2, -0.15) is 0 Å². The van der Waals surface area contributed by atoms with Gasteiger partial charge in [0.1, 0.15) is 18.0 Å². The van der Waals surface area contributed by atoms with E-state index < -0.39 is 23.9 Å². The second-order valence-corrected chi connectivity index (χ2v) is 6.19. The molecule has 2 N–H and O–H groups in total. The Bertz CT molecular complexity index is 866. The molecule has 0 bridgehead atoms. The molecule has 1 atom stereocenters. The number of rotatable bonds is 10. The number of carbonyl (C=O) groups excluding carboxylic acids is 3. The van der Waals surface area contributed by atoms with Gasteiger partial charge in [-0.05, 0) is 57.2 Å². The molecule has 0 fully saturated rings. The number of hydrogen-bond acceptors (Lipinski definition) is 6. The van der Waals surface area contributed by atoms with Crippen LogP contribution in [0.2, 0.25) is 0 Å². The third-order valence-corrected chi connectivity index (χ3v) is 3.94. The molecule has 0 aliphatic heterocycles. The summed E-state index contributed by atoms with van der Waals surface area (Å²) in [6.07, 6.45) is -1.05.